The largest absolute Gasteiger partial charge is 0.481 e. The number of thiazole rings is 1. The molecule has 2 saturated heterocycles. The second-order valence-electron chi connectivity index (χ2n) is 11.0. The monoisotopic (exact) mass is 625 g/mol. The molecule has 0 aliphatic carbocycles. The molecule has 15 heteroatoms. The van der Waals surface area contributed by atoms with Crippen LogP contribution >= 0.6 is 22.9 Å². The number of carboxylic acid groups (broad SMARTS) is 1. The Bertz CT molecular complexity index is 1520. The molecule has 10 nitrogen and oxygen atoms in total. The van der Waals surface area contributed by atoms with Gasteiger partial charge in [-0.05, 0) is 19.9 Å². The highest BCUT2D eigenvalue weighted by Crippen LogP contribution is 2.43. The van der Waals surface area contributed by atoms with Crippen molar-refractivity contribution in [3.05, 3.63) is 62.2 Å². The van der Waals surface area contributed by atoms with Crippen LogP contribution in [0.4, 0.5) is 13.2 Å². The number of amidine groups is 1. The van der Waals surface area contributed by atoms with Gasteiger partial charge in [0.15, 0.2) is 22.5 Å². The molecule has 5 rings (SSSR count). The minimum Gasteiger partial charge on any atom is -0.481 e. The summed E-state index contributed by atoms with van der Waals surface area (Å²) < 4.78 is 49.7. The number of nitrogens with zero attached hydrogens (tertiary/aromatic N) is 4. The molecule has 224 valence electrons. The third-order valence-corrected chi connectivity index (χ3v) is 8.98. The van der Waals surface area contributed by atoms with Crippen LogP contribution in [0.15, 0.2) is 40.0 Å². The molecular formula is C27H27ClF3N5O5S. The van der Waals surface area contributed by atoms with Crippen LogP contribution in [0.3, 0.4) is 0 Å². The fraction of sp³-hybridized carbons (Fsp3) is 0.444. The van der Waals surface area contributed by atoms with E-state index >= 15 is 4.39 Å². The normalized spacial score (nSPS) is 24.5. The van der Waals surface area contributed by atoms with Crippen LogP contribution < -0.4 is 5.32 Å². The first-order valence-electron chi connectivity index (χ1n) is 12.9. The number of halogens is 4. The first-order chi connectivity index (χ1) is 19.8. The Morgan fingerprint density at radius 2 is 2.07 bits per heavy atom. The topological polar surface area (TPSA) is 124 Å². The molecule has 1 amide bonds. The van der Waals surface area contributed by atoms with E-state index in [9.17, 15) is 28.3 Å². The number of nitrogens with one attached hydrogen (secondary N) is 1. The van der Waals surface area contributed by atoms with E-state index in [2.05, 4.69) is 15.3 Å². The van der Waals surface area contributed by atoms with Crippen LogP contribution in [-0.4, -0.2) is 88.6 Å². The van der Waals surface area contributed by atoms with E-state index in [0.29, 0.717) is 5.01 Å². The summed E-state index contributed by atoms with van der Waals surface area (Å²) in [5.74, 6) is -4.99. The molecule has 2 fully saturated rings. The van der Waals surface area contributed by atoms with Crippen molar-refractivity contribution >= 4 is 46.6 Å². The number of alkyl halides is 1. The third-order valence-electron chi connectivity index (χ3n) is 7.82. The standard InChI is InChI=1S/C27H27ClF3N5O5S/c1-26(2,25(39)40)12-36-11-16-27(31,24(36)38)6-8-35(16)10-15-17(23(37)41-3)20(13-4-5-14(29)19(30)18(13)28)34-21(33-15)22-32-7-9-42-22/h4-5,7,9,16,20H,6,8,10-12H2,1-3H3,(H,33,34)(H,39,40)/t16-,20-,27+/m0/s1. The molecular weight excluding hydrogens is 599 g/mol. The summed E-state index contributed by atoms with van der Waals surface area (Å²) in [6, 6.07) is -0.0668. The molecule has 3 aliphatic rings. The lowest BCUT2D eigenvalue weighted by molar-refractivity contribution is -0.150. The lowest BCUT2D eigenvalue weighted by Crippen LogP contribution is -2.45. The van der Waals surface area contributed by atoms with Crippen LogP contribution in [0.25, 0.3) is 0 Å². The number of carbonyl (C=O) groups excluding carboxylic acids is 2. The maximum atomic E-state index is 16.2. The Morgan fingerprint density at radius 1 is 1.33 bits per heavy atom. The van der Waals surface area contributed by atoms with Gasteiger partial charge >= 0.3 is 11.9 Å². The summed E-state index contributed by atoms with van der Waals surface area (Å²) in [5, 5.41) is 14.2. The van der Waals surface area contributed by atoms with Gasteiger partial charge in [0.2, 0.25) is 5.67 Å². The molecule has 42 heavy (non-hydrogen) atoms. The van der Waals surface area contributed by atoms with Crippen molar-refractivity contribution in [2.45, 2.75) is 38.0 Å². The van der Waals surface area contributed by atoms with Gasteiger partial charge in [0.05, 0.1) is 29.2 Å². The molecule has 1 aromatic heterocycles. The molecule has 0 spiro atoms. The average Bonchev–Trinajstić information content (AvgIpc) is 3.65. The Kier molecular flexibility index (Phi) is 7.83. The van der Waals surface area contributed by atoms with E-state index in [4.69, 9.17) is 16.3 Å². The van der Waals surface area contributed by atoms with Gasteiger partial charge in [-0.1, -0.05) is 17.7 Å². The van der Waals surface area contributed by atoms with Gasteiger partial charge in [-0.2, -0.15) is 0 Å². The average molecular weight is 626 g/mol. The summed E-state index contributed by atoms with van der Waals surface area (Å²) in [7, 11) is 1.15. The molecule has 2 N–H and O–H groups in total. The number of hydrogen-bond donors (Lipinski definition) is 2. The lowest BCUT2D eigenvalue weighted by atomic mass is 9.93. The van der Waals surface area contributed by atoms with Gasteiger partial charge in [0.1, 0.15) is 6.04 Å². The maximum absolute atomic E-state index is 16.2. The van der Waals surface area contributed by atoms with Gasteiger partial charge in [0, 0.05) is 55.4 Å². The van der Waals surface area contributed by atoms with E-state index in [1.807, 2.05) is 0 Å². The first kappa shape index (κ1) is 30.0. The second-order valence-corrected chi connectivity index (χ2v) is 12.2. The number of aromatic nitrogens is 1. The van der Waals surface area contributed by atoms with Crippen molar-refractivity contribution in [3.63, 3.8) is 0 Å². The minimum atomic E-state index is -2.25. The van der Waals surface area contributed by atoms with Crippen molar-refractivity contribution < 1.29 is 37.4 Å². The van der Waals surface area contributed by atoms with E-state index in [1.54, 1.807) is 10.3 Å². The number of aliphatic carboxylic acids is 1. The number of benzene rings is 1. The van der Waals surface area contributed by atoms with Crippen LogP contribution in [0.2, 0.25) is 5.02 Å². The van der Waals surface area contributed by atoms with Crippen molar-refractivity contribution in [1.82, 2.24) is 20.1 Å². The minimum absolute atomic E-state index is 0.00315. The fourth-order valence-corrected chi connectivity index (χ4v) is 6.40. The number of hydrogen-bond acceptors (Lipinski definition) is 9. The zero-order valence-electron chi connectivity index (χ0n) is 22.8. The number of fused-ring (bicyclic) bond motifs is 1. The van der Waals surface area contributed by atoms with Crippen molar-refractivity contribution in [1.29, 1.82) is 0 Å². The Balaban J connectivity index is 1.54. The van der Waals surface area contributed by atoms with E-state index in [1.165, 1.54) is 42.3 Å². The molecule has 0 bridgehead atoms. The third kappa shape index (κ3) is 5.05. The predicted octanol–water partition coefficient (Wildman–Crippen LogP) is 3.33. The number of ether oxygens (including phenoxy) is 1. The molecule has 2 aromatic rings. The number of rotatable bonds is 8. The molecule has 0 radical (unpaired) electrons. The van der Waals surface area contributed by atoms with Crippen molar-refractivity contribution in [2.75, 3.05) is 33.3 Å². The smallest absolute Gasteiger partial charge is 0.338 e. The molecule has 0 unspecified atom stereocenters. The Hall–Kier alpha value is -3.49. The fourth-order valence-electron chi connectivity index (χ4n) is 5.55. The lowest BCUT2D eigenvalue weighted by Gasteiger charge is -2.32. The summed E-state index contributed by atoms with van der Waals surface area (Å²) in [6.07, 6.45) is 1.41. The second kappa shape index (κ2) is 11.0. The number of carbonyl (C=O) groups is 3. The van der Waals surface area contributed by atoms with Gasteiger partial charge in [0.25, 0.3) is 5.91 Å². The van der Waals surface area contributed by atoms with E-state index in [-0.39, 0.29) is 55.3 Å². The van der Waals surface area contributed by atoms with Crippen molar-refractivity contribution in [2.24, 2.45) is 10.4 Å². The number of esters is 1. The number of aliphatic imine (C=N–C) groups is 1. The van der Waals surface area contributed by atoms with Crippen LogP contribution in [0.1, 0.15) is 36.9 Å². The summed E-state index contributed by atoms with van der Waals surface area (Å²) >= 11 is 7.43. The first-order valence-corrected chi connectivity index (χ1v) is 14.2. The summed E-state index contributed by atoms with van der Waals surface area (Å²) in [6.45, 7) is 2.76. The predicted molar refractivity (Wildman–Crippen MR) is 147 cm³/mol. The summed E-state index contributed by atoms with van der Waals surface area (Å²) in [5.41, 5.74) is -3.37. The SMILES string of the molecule is COC(=O)C1=C(CN2CC[C@]3(F)C(=O)N(CC(C)(C)C(=O)O)C[C@H]23)NC(c2nccs2)=N[C@H]1c1ccc(F)c(F)c1Cl. The zero-order chi connectivity index (χ0) is 30.6. The number of methoxy groups -OCH3 is 1. The quantitative estimate of drug-likeness (QED) is 0.338. The Labute approximate surface area is 247 Å². The molecule has 3 aliphatic heterocycles. The highest BCUT2D eigenvalue weighted by atomic mass is 35.5. The number of amides is 1. The number of likely N-dealkylation sites (tertiary alicyclic amines) is 2. The van der Waals surface area contributed by atoms with Crippen LogP contribution in [0.5, 0.6) is 0 Å². The molecule has 3 atom stereocenters. The van der Waals surface area contributed by atoms with Gasteiger partial charge in [-0.3, -0.25) is 19.5 Å². The highest BCUT2D eigenvalue weighted by Gasteiger charge is 2.61. The van der Waals surface area contributed by atoms with Crippen LogP contribution in [0, 0.1) is 17.0 Å². The zero-order valence-corrected chi connectivity index (χ0v) is 24.4. The van der Waals surface area contributed by atoms with Gasteiger partial charge < -0.3 is 20.1 Å². The van der Waals surface area contributed by atoms with Crippen LogP contribution in [-0.2, 0) is 19.1 Å². The highest BCUT2D eigenvalue weighted by molar-refractivity contribution is 7.11. The molecule has 4 heterocycles. The van der Waals surface area contributed by atoms with E-state index < -0.39 is 57.7 Å². The van der Waals surface area contributed by atoms with Gasteiger partial charge in [-0.15, -0.1) is 11.3 Å². The molecule has 0 saturated carbocycles. The van der Waals surface area contributed by atoms with Gasteiger partial charge in [-0.25, -0.2) is 22.9 Å². The summed E-state index contributed by atoms with van der Waals surface area (Å²) in [4.78, 5) is 49.7. The van der Waals surface area contributed by atoms with Crippen molar-refractivity contribution in [3.8, 4) is 0 Å². The number of carboxylic acids is 1. The maximum Gasteiger partial charge on any atom is 0.338 e. The van der Waals surface area contributed by atoms with E-state index in [0.717, 1.165) is 13.2 Å². The molecule has 1 aromatic carbocycles. The Morgan fingerprint density at radius 3 is 2.71 bits per heavy atom.